The molecule has 3 N–H and O–H groups in total. The summed E-state index contributed by atoms with van der Waals surface area (Å²) in [6, 6.07) is 0. The van der Waals surface area contributed by atoms with Crippen LogP contribution in [-0.2, 0) is 19.1 Å². The van der Waals surface area contributed by atoms with E-state index in [1.54, 1.807) is 6.92 Å². The number of aliphatic carboxylic acids is 2. The molecule has 1 atom stereocenters. The van der Waals surface area contributed by atoms with Crippen molar-refractivity contribution in [1.82, 2.24) is 0 Å². The van der Waals surface area contributed by atoms with E-state index in [0.717, 1.165) is 6.08 Å². The third-order valence-corrected chi connectivity index (χ3v) is 1.14. The molecule has 0 rings (SSSR count). The summed E-state index contributed by atoms with van der Waals surface area (Å²) in [7, 11) is 0. The van der Waals surface area contributed by atoms with Crippen LogP contribution < -0.4 is 0 Å². The molecular weight excluding hydrogens is 232 g/mol. The largest absolute Gasteiger partial charge is 0.478 e. The number of carboxylic acid groups (broad SMARTS) is 2. The smallest absolute Gasteiger partial charge is 0.332 e. The molecular formula is C10H14O7. The fraction of sp³-hybridized carbons (Fsp3) is 0.300. The van der Waals surface area contributed by atoms with E-state index in [-0.39, 0.29) is 0 Å². The first-order chi connectivity index (χ1) is 7.83. The summed E-state index contributed by atoms with van der Waals surface area (Å²) in [4.78, 5) is 29.4. The zero-order valence-corrected chi connectivity index (χ0v) is 9.20. The van der Waals surface area contributed by atoms with E-state index in [2.05, 4.69) is 11.3 Å². The molecule has 0 fully saturated rings. The third kappa shape index (κ3) is 16.5. The topological polar surface area (TPSA) is 121 Å². The summed E-state index contributed by atoms with van der Waals surface area (Å²) in [6.45, 7) is 4.87. The Kier molecular flexibility index (Phi) is 10.5. The quantitative estimate of drug-likeness (QED) is 0.358. The van der Waals surface area contributed by atoms with Gasteiger partial charge in [0.1, 0.15) is 0 Å². The van der Waals surface area contributed by atoms with Crippen LogP contribution in [0, 0.1) is 0 Å². The molecule has 1 unspecified atom stereocenters. The summed E-state index contributed by atoms with van der Waals surface area (Å²) >= 11 is 0. The van der Waals surface area contributed by atoms with E-state index >= 15 is 0 Å². The molecule has 0 spiro atoms. The Balaban J connectivity index is 0. The van der Waals surface area contributed by atoms with Crippen molar-refractivity contribution in [3.8, 4) is 0 Å². The van der Waals surface area contributed by atoms with E-state index in [9.17, 15) is 14.4 Å². The number of esters is 1. The van der Waals surface area contributed by atoms with Gasteiger partial charge in [-0.25, -0.2) is 14.4 Å². The number of rotatable bonds is 5. The number of aliphatic hydroxyl groups excluding tert-OH is 1. The van der Waals surface area contributed by atoms with Gasteiger partial charge >= 0.3 is 17.9 Å². The first-order valence-electron chi connectivity index (χ1n) is 4.48. The second kappa shape index (κ2) is 10.4. The molecule has 7 nitrogen and oxygen atoms in total. The van der Waals surface area contributed by atoms with Gasteiger partial charge in [-0.1, -0.05) is 13.5 Å². The highest BCUT2D eigenvalue weighted by Gasteiger charge is 2.02. The van der Waals surface area contributed by atoms with Crippen LogP contribution in [0.3, 0.4) is 0 Å². The Bertz CT molecular complexity index is 290. The molecule has 0 aliphatic carbocycles. The standard InChI is InChI=1S/C6H10O3.C4H4O4/c1-3-5(7)9-6(8)4-2;5-3(6)1-2-4(7)8/h3,6,8H,1,4H2,2H3;1-2H,(H,5,6)(H,7,8)/b;2-1-. The van der Waals surface area contributed by atoms with Crippen molar-refractivity contribution in [3.05, 3.63) is 24.8 Å². The maximum atomic E-state index is 10.3. The van der Waals surface area contributed by atoms with Gasteiger partial charge in [0.05, 0.1) is 0 Å². The van der Waals surface area contributed by atoms with E-state index < -0.39 is 24.2 Å². The lowest BCUT2D eigenvalue weighted by Gasteiger charge is -2.05. The second-order valence-corrected chi connectivity index (χ2v) is 2.51. The predicted molar refractivity (Wildman–Crippen MR) is 57.0 cm³/mol. The zero-order chi connectivity index (χ0) is 13.8. The monoisotopic (exact) mass is 246 g/mol. The molecule has 0 aliphatic rings. The summed E-state index contributed by atoms with van der Waals surface area (Å²) in [5.41, 5.74) is 0. The van der Waals surface area contributed by atoms with Crippen LogP contribution in [0.5, 0.6) is 0 Å². The molecule has 7 heteroatoms. The highest BCUT2D eigenvalue weighted by atomic mass is 16.6. The van der Waals surface area contributed by atoms with Gasteiger partial charge in [-0.15, -0.1) is 0 Å². The lowest BCUT2D eigenvalue weighted by Crippen LogP contribution is -2.14. The number of carbonyl (C=O) groups excluding carboxylic acids is 1. The van der Waals surface area contributed by atoms with Gasteiger partial charge in [-0.2, -0.15) is 0 Å². The molecule has 0 aromatic heterocycles. The molecule has 17 heavy (non-hydrogen) atoms. The molecule has 0 bridgehead atoms. The van der Waals surface area contributed by atoms with Crippen LogP contribution in [0.25, 0.3) is 0 Å². The first-order valence-corrected chi connectivity index (χ1v) is 4.48. The summed E-state index contributed by atoms with van der Waals surface area (Å²) in [5, 5.41) is 24.3. The highest BCUT2D eigenvalue weighted by molar-refractivity contribution is 5.89. The lowest BCUT2D eigenvalue weighted by molar-refractivity contribution is -0.161. The minimum atomic E-state index is -1.26. The maximum absolute atomic E-state index is 10.3. The van der Waals surface area contributed by atoms with Gasteiger partial charge < -0.3 is 20.1 Å². The number of carboxylic acids is 2. The Morgan fingerprint density at radius 3 is 1.88 bits per heavy atom. The minimum Gasteiger partial charge on any atom is -0.478 e. The van der Waals surface area contributed by atoms with Crippen LogP contribution in [-0.4, -0.2) is 39.5 Å². The lowest BCUT2D eigenvalue weighted by atomic mass is 10.5. The molecule has 0 heterocycles. The number of hydrogen-bond donors (Lipinski definition) is 3. The molecule has 0 aromatic carbocycles. The molecule has 0 amide bonds. The highest BCUT2D eigenvalue weighted by Crippen LogP contribution is 1.92. The van der Waals surface area contributed by atoms with Gasteiger partial charge in [0.2, 0.25) is 6.29 Å². The summed E-state index contributed by atoms with van der Waals surface area (Å²) in [6.07, 6.45) is 1.54. The van der Waals surface area contributed by atoms with E-state index in [0.29, 0.717) is 18.6 Å². The molecule has 0 aromatic rings. The minimum absolute atomic E-state index is 0.402. The Morgan fingerprint density at radius 1 is 1.24 bits per heavy atom. The van der Waals surface area contributed by atoms with Crippen molar-refractivity contribution in [2.45, 2.75) is 19.6 Å². The molecule has 96 valence electrons. The van der Waals surface area contributed by atoms with Gasteiger partial charge in [-0.3, -0.25) is 0 Å². The summed E-state index contributed by atoms with van der Waals surface area (Å²) < 4.78 is 4.35. The normalized spacial score (nSPS) is 10.9. The average molecular weight is 246 g/mol. The van der Waals surface area contributed by atoms with Crippen molar-refractivity contribution in [1.29, 1.82) is 0 Å². The first kappa shape index (κ1) is 17.3. The average Bonchev–Trinajstić information content (AvgIpc) is 2.26. The van der Waals surface area contributed by atoms with Crippen molar-refractivity contribution < 1.29 is 34.4 Å². The van der Waals surface area contributed by atoms with Crippen LogP contribution in [0.4, 0.5) is 0 Å². The van der Waals surface area contributed by atoms with Gasteiger partial charge in [0.15, 0.2) is 0 Å². The Hall–Kier alpha value is -2.15. The van der Waals surface area contributed by atoms with Crippen molar-refractivity contribution >= 4 is 17.9 Å². The number of carbonyl (C=O) groups is 3. The fourth-order valence-electron chi connectivity index (χ4n) is 0.408. The van der Waals surface area contributed by atoms with Crippen LogP contribution in [0.2, 0.25) is 0 Å². The number of ether oxygens (including phenoxy) is 1. The van der Waals surface area contributed by atoms with Gasteiger partial charge in [0, 0.05) is 24.6 Å². The maximum Gasteiger partial charge on any atom is 0.332 e. The third-order valence-electron chi connectivity index (χ3n) is 1.14. The van der Waals surface area contributed by atoms with E-state index in [1.807, 2.05) is 0 Å². The van der Waals surface area contributed by atoms with Gasteiger partial charge in [0.25, 0.3) is 0 Å². The Labute approximate surface area is 97.6 Å². The van der Waals surface area contributed by atoms with Crippen molar-refractivity contribution in [2.24, 2.45) is 0 Å². The fourth-order valence-corrected chi connectivity index (χ4v) is 0.408. The SMILES string of the molecule is C=CC(=O)OC(O)CC.O=C(O)/C=C\C(=O)O. The predicted octanol–water partition coefficient (Wildman–Crippen LogP) is 0.156. The van der Waals surface area contributed by atoms with Crippen molar-refractivity contribution in [3.63, 3.8) is 0 Å². The molecule has 0 aliphatic heterocycles. The van der Waals surface area contributed by atoms with Gasteiger partial charge in [-0.05, 0) is 0 Å². The molecule has 0 radical (unpaired) electrons. The Morgan fingerprint density at radius 2 is 1.65 bits per heavy atom. The van der Waals surface area contributed by atoms with Crippen LogP contribution in [0.1, 0.15) is 13.3 Å². The van der Waals surface area contributed by atoms with Crippen LogP contribution in [0.15, 0.2) is 24.8 Å². The summed E-state index contributed by atoms with van der Waals surface area (Å²) in [5.74, 6) is -3.11. The van der Waals surface area contributed by atoms with Crippen LogP contribution >= 0.6 is 0 Å². The zero-order valence-electron chi connectivity index (χ0n) is 9.20. The number of aliphatic hydroxyl groups is 1. The second-order valence-electron chi connectivity index (χ2n) is 2.51. The van der Waals surface area contributed by atoms with E-state index in [1.165, 1.54) is 0 Å². The van der Waals surface area contributed by atoms with Crippen molar-refractivity contribution in [2.75, 3.05) is 0 Å². The molecule has 0 saturated heterocycles. The molecule has 0 saturated carbocycles. The number of hydrogen-bond acceptors (Lipinski definition) is 5. The van der Waals surface area contributed by atoms with E-state index in [4.69, 9.17) is 15.3 Å².